The molecule has 2 aliphatic rings. The summed E-state index contributed by atoms with van der Waals surface area (Å²) in [6.45, 7) is 4.60. The van der Waals surface area contributed by atoms with Gasteiger partial charge < -0.3 is 5.11 Å². The van der Waals surface area contributed by atoms with Crippen molar-refractivity contribution in [3.8, 4) is 0 Å². The largest absolute Gasteiger partial charge is 0.396 e. The molecule has 0 aromatic carbocycles. The fourth-order valence-corrected chi connectivity index (χ4v) is 2.50. The number of rotatable bonds is 3. The zero-order valence-electron chi connectivity index (χ0n) is 9.27. The summed E-state index contributed by atoms with van der Waals surface area (Å²) in [7, 11) is 0. The normalized spacial score (nSPS) is 28.0. The van der Waals surface area contributed by atoms with Gasteiger partial charge in [-0.15, -0.1) is 0 Å². The maximum Gasteiger partial charge on any atom is 0.0559 e. The van der Waals surface area contributed by atoms with E-state index in [0.717, 1.165) is 5.71 Å². The third-order valence-corrected chi connectivity index (χ3v) is 3.33. The molecule has 0 saturated carbocycles. The number of fused-ring (bicyclic) bond motifs is 1. The Morgan fingerprint density at radius 2 is 2.20 bits per heavy atom. The van der Waals surface area contributed by atoms with Gasteiger partial charge in [-0.3, -0.25) is 4.99 Å². The molecule has 2 heteroatoms. The number of allylic oxidation sites excluding steroid dienone is 4. The topological polar surface area (TPSA) is 32.6 Å². The number of aliphatic imine (C=N–C) groups is 1. The molecular formula is C13H17NO. The SMILES string of the molecule is CC(C)[C@@]12C=CC=CC1=NC=C2CCO. The molecule has 0 amide bonds. The van der Waals surface area contributed by atoms with Crippen LogP contribution in [0.2, 0.25) is 0 Å². The molecule has 1 heterocycles. The maximum absolute atomic E-state index is 9.08. The molecule has 1 atom stereocenters. The van der Waals surface area contributed by atoms with Crippen LogP contribution in [0.1, 0.15) is 20.3 Å². The van der Waals surface area contributed by atoms with E-state index in [1.807, 2.05) is 12.3 Å². The molecule has 0 spiro atoms. The second-order valence-corrected chi connectivity index (χ2v) is 4.38. The highest BCUT2D eigenvalue weighted by Gasteiger charge is 2.42. The van der Waals surface area contributed by atoms with E-state index in [4.69, 9.17) is 5.11 Å². The number of aliphatic hydroxyl groups excluding tert-OH is 1. The zero-order chi connectivity index (χ0) is 10.9. The van der Waals surface area contributed by atoms with Gasteiger partial charge >= 0.3 is 0 Å². The van der Waals surface area contributed by atoms with Crippen molar-refractivity contribution in [2.24, 2.45) is 16.3 Å². The minimum absolute atomic E-state index is 0.0581. The molecule has 0 unspecified atom stereocenters. The molecule has 1 aliphatic heterocycles. The Morgan fingerprint density at radius 3 is 2.87 bits per heavy atom. The van der Waals surface area contributed by atoms with Crippen molar-refractivity contribution in [1.29, 1.82) is 0 Å². The van der Waals surface area contributed by atoms with Gasteiger partial charge in [0.15, 0.2) is 0 Å². The Bertz CT molecular complexity index is 374. The molecule has 0 saturated heterocycles. The summed E-state index contributed by atoms with van der Waals surface area (Å²) >= 11 is 0. The van der Waals surface area contributed by atoms with E-state index in [9.17, 15) is 0 Å². The molecular weight excluding hydrogens is 186 g/mol. The minimum atomic E-state index is -0.0581. The minimum Gasteiger partial charge on any atom is -0.396 e. The van der Waals surface area contributed by atoms with Crippen LogP contribution in [0.5, 0.6) is 0 Å². The van der Waals surface area contributed by atoms with Crippen molar-refractivity contribution < 1.29 is 5.11 Å². The molecule has 0 aromatic heterocycles. The molecule has 80 valence electrons. The van der Waals surface area contributed by atoms with Crippen LogP contribution in [0.15, 0.2) is 41.1 Å². The van der Waals surface area contributed by atoms with E-state index in [0.29, 0.717) is 12.3 Å². The van der Waals surface area contributed by atoms with E-state index in [1.165, 1.54) is 5.57 Å². The van der Waals surface area contributed by atoms with Crippen LogP contribution in [-0.4, -0.2) is 17.4 Å². The molecule has 2 rings (SSSR count). The van der Waals surface area contributed by atoms with Crippen LogP contribution in [0, 0.1) is 11.3 Å². The number of nitrogens with zero attached hydrogens (tertiary/aromatic N) is 1. The lowest BCUT2D eigenvalue weighted by atomic mass is 9.67. The van der Waals surface area contributed by atoms with Crippen LogP contribution in [0.3, 0.4) is 0 Å². The van der Waals surface area contributed by atoms with Gasteiger partial charge in [0.1, 0.15) is 0 Å². The molecule has 0 aromatic rings. The van der Waals surface area contributed by atoms with E-state index < -0.39 is 0 Å². The van der Waals surface area contributed by atoms with Crippen LogP contribution in [0.4, 0.5) is 0 Å². The van der Waals surface area contributed by atoms with E-state index in [-0.39, 0.29) is 12.0 Å². The van der Waals surface area contributed by atoms with Gasteiger partial charge in [0.2, 0.25) is 0 Å². The Labute approximate surface area is 90.7 Å². The van der Waals surface area contributed by atoms with Crippen molar-refractivity contribution in [1.82, 2.24) is 0 Å². The summed E-state index contributed by atoms with van der Waals surface area (Å²) in [6.07, 6.45) is 11.0. The smallest absolute Gasteiger partial charge is 0.0559 e. The van der Waals surface area contributed by atoms with E-state index in [1.54, 1.807) is 0 Å². The van der Waals surface area contributed by atoms with E-state index in [2.05, 4.69) is 37.1 Å². The average molecular weight is 203 g/mol. The lowest BCUT2D eigenvalue weighted by Crippen LogP contribution is -2.34. The van der Waals surface area contributed by atoms with Crippen molar-refractivity contribution in [2.75, 3.05) is 6.61 Å². The summed E-state index contributed by atoms with van der Waals surface area (Å²) < 4.78 is 0. The molecule has 0 bridgehead atoms. The van der Waals surface area contributed by atoms with Gasteiger partial charge in [-0.1, -0.05) is 32.1 Å². The fourth-order valence-electron chi connectivity index (χ4n) is 2.50. The van der Waals surface area contributed by atoms with Crippen LogP contribution >= 0.6 is 0 Å². The predicted molar refractivity (Wildman–Crippen MR) is 62.8 cm³/mol. The van der Waals surface area contributed by atoms with Crippen LogP contribution in [-0.2, 0) is 0 Å². The van der Waals surface area contributed by atoms with Gasteiger partial charge in [0.05, 0.1) is 11.1 Å². The number of hydrogen-bond donors (Lipinski definition) is 1. The second-order valence-electron chi connectivity index (χ2n) is 4.38. The monoisotopic (exact) mass is 203 g/mol. The number of aliphatic hydroxyl groups is 1. The highest BCUT2D eigenvalue weighted by Crippen LogP contribution is 2.45. The summed E-state index contributed by atoms with van der Waals surface area (Å²) in [5.41, 5.74) is 2.29. The third kappa shape index (κ3) is 1.40. The Hall–Kier alpha value is -1.15. The maximum atomic E-state index is 9.08. The average Bonchev–Trinajstić information content (AvgIpc) is 2.60. The van der Waals surface area contributed by atoms with Crippen LogP contribution in [0.25, 0.3) is 0 Å². The Kier molecular flexibility index (Phi) is 2.61. The Morgan fingerprint density at radius 1 is 1.40 bits per heavy atom. The summed E-state index contributed by atoms with van der Waals surface area (Å²) in [6, 6.07) is 0. The summed E-state index contributed by atoms with van der Waals surface area (Å²) in [5, 5.41) is 9.08. The van der Waals surface area contributed by atoms with Crippen molar-refractivity contribution in [3.63, 3.8) is 0 Å². The first-order valence-electron chi connectivity index (χ1n) is 5.46. The third-order valence-electron chi connectivity index (χ3n) is 3.33. The van der Waals surface area contributed by atoms with Crippen molar-refractivity contribution in [3.05, 3.63) is 36.1 Å². The zero-order valence-corrected chi connectivity index (χ0v) is 9.27. The molecule has 0 radical (unpaired) electrons. The van der Waals surface area contributed by atoms with Gasteiger partial charge in [0, 0.05) is 12.8 Å². The van der Waals surface area contributed by atoms with Crippen LogP contribution < -0.4 is 0 Å². The standard InChI is InChI=1S/C13H17NO/c1-10(2)13-7-4-3-5-12(13)14-9-11(13)6-8-15/h3-5,7,9-10,15H,6,8H2,1-2H3/t13-/m1/s1. The lowest BCUT2D eigenvalue weighted by Gasteiger charge is -2.35. The highest BCUT2D eigenvalue weighted by molar-refractivity contribution is 6.06. The molecule has 2 nitrogen and oxygen atoms in total. The summed E-state index contributed by atoms with van der Waals surface area (Å²) in [4.78, 5) is 4.46. The summed E-state index contributed by atoms with van der Waals surface area (Å²) in [5.74, 6) is 0.470. The van der Waals surface area contributed by atoms with Gasteiger partial charge in [-0.05, 0) is 24.0 Å². The second kappa shape index (κ2) is 3.78. The van der Waals surface area contributed by atoms with Gasteiger partial charge in [0.25, 0.3) is 0 Å². The fraction of sp³-hybridized carbons (Fsp3) is 0.462. The molecule has 1 aliphatic carbocycles. The first-order valence-corrected chi connectivity index (χ1v) is 5.46. The quantitative estimate of drug-likeness (QED) is 0.751. The van der Waals surface area contributed by atoms with E-state index >= 15 is 0 Å². The predicted octanol–water partition coefficient (Wildman–Crippen LogP) is 2.48. The highest BCUT2D eigenvalue weighted by atomic mass is 16.3. The number of hydrogen-bond acceptors (Lipinski definition) is 2. The van der Waals surface area contributed by atoms with Gasteiger partial charge in [-0.2, -0.15) is 0 Å². The lowest BCUT2D eigenvalue weighted by molar-refractivity contribution is 0.288. The molecule has 0 fully saturated rings. The first kappa shape index (κ1) is 10.4. The first-order chi connectivity index (χ1) is 7.21. The van der Waals surface area contributed by atoms with Crippen molar-refractivity contribution >= 4 is 5.71 Å². The molecule has 15 heavy (non-hydrogen) atoms. The van der Waals surface area contributed by atoms with Gasteiger partial charge in [-0.25, -0.2) is 0 Å². The van der Waals surface area contributed by atoms with Crippen molar-refractivity contribution in [2.45, 2.75) is 20.3 Å². The molecule has 1 N–H and O–H groups in total. The Balaban J connectivity index is 2.41.